The van der Waals surface area contributed by atoms with Gasteiger partial charge < -0.3 is 10.6 Å². The van der Waals surface area contributed by atoms with Crippen LogP contribution in [0.25, 0.3) is 0 Å². The van der Waals surface area contributed by atoms with Crippen LogP contribution in [0.5, 0.6) is 0 Å². The molecule has 0 aliphatic heterocycles. The molecule has 0 atom stereocenters. The quantitative estimate of drug-likeness (QED) is 0.596. The lowest BCUT2D eigenvalue weighted by molar-refractivity contribution is -0.384. The minimum atomic E-state index is -0.456. The molecule has 2 N–H and O–H groups in total. The van der Waals surface area contributed by atoms with E-state index >= 15 is 0 Å². The van der Waals surface area contributed by atoms with Gasteiger partial charge in [0.15, 0.2) is 0 Å². The number of anilines is 1. The first kappa shape index (κ1) is 16.9. The van der Waals surface area contributed by atoms with Gasteiger partial charge in [-0.15, -0.1) is 0 Å². The summed E-state index contributed by atoms with van der Waals surface area (Å²) >= 11 is 0. The number of carbonyl (C=O) groups excluding carboxylic acids is 1. The average molecular weight is 293 g/mol. The Morgan fingerprint density at radius 2 is 1.90 bits per heavy atom. The normalized spacial score (nSPS) is 11.0. The van der Waals surface area contributed by atoms with Gasteiger partial charge in [0.25, 0.3) is 11.6 Å². The lowest BCUT2D eigenvalue weighted by Gasteiger charge is -2.28. The third-order valence-corrected chi connectivity index (χ3v) is 3.80. The van der Waals surface area contributed by atoms with Crippen molar-refractivity contribution in [2.24, 2.45) is 0 Å². The van der Waals surface area contributed by atoms with Gasteiger partial charge in [-0.05, 0) is 38.8 Å². The van der Waals surface area contributed by atoms with Gasteiger partial charge in [-0.2, -0.15) is 0 Å². The lowest BCUT2D eigenvalue weighted by atomic mass is 9.95. The van der Waals surface area contributed by atoms with Gasteiger partial charge in [-0.25, -0.2) is 0 Å². The largest absolute Gasteiger partial charge is 0.380 e. The van der Waals surface area contributed by atoms with Gasteiger partial charge >= 0.3 is 0 Å². The zero-order valence-corrected chi connectivity index (χ0v) is 13.0. The Hall–Kier alpha value is -2.11. The standard InChI is InChI=1S/C15H23N3O3/c1-5-15(4,6-2)17-14(19)11-8-9-13(18(20)21)12(10-11)16-7-3/h8-10,16H,5-7H2,1-4H3,(H,17,19). The SMILES string of the molecule is CCNc1cc(C(=O)NC(C)(CC)CC)ccc1[N+](=O)[O-]. The summed E-state index contributed by atoms with van der Waals surface area (Å²) in [5, 5.41) is 16.9. The van der Waals surface area contributed by atoms with Crippen LogP contribution in [0.3, 0.4) is 0 Å². The number of benzene rings is 1. The monoisotopic (exact) mass is 293 g/mol. The van der Waals surface area contributed by atoms with Crippen molar-refractivity contribution in [1.29, 1.82) is 0 Å². The van der Waals surface area contributed by atoms with E-state index in [2.05, 4.69) is 10.6 Å². The van der Waals surface area contributed by atoms with Crippen LogP contribution in [-0.4, -0.2) is 22.9 Å². The average Bonchev–Trinajstić information content (AvgIpc) is 2.47. The predicted octanol–water partition coefficient (Wildman–Crippen LogP) is 3.34. The van der Waals surface area contributed by atoms with Crippen LogP contribution in [0.1, 0.15) is 50.9 Å². The van der Waals surface area contributed by atoms with E-state index in [1.54, 1.807) is 0 Å². The number of nitrogens with one attached hydrogen (secondary N) is 2. The summed E-state index contributed by atoms with van der Waals surface area (Å²) in [5.41, 5.74) is 0.494. The topological polar surface area (TPSA) is 84.3 Å². The van der Waals surface area contributed by atoms with Gasteiger partial charge in [0.05, 0.1) is 4.92 Å². The molecule has 6 heteroatoms. The van der Waals surface area contributed by atoms with Gasteiger partial charge in [0.2, 0.25) is 0 Å². The molecule has 21 heavy (non-hydrogen) atoms. The molecule has 0 aromatic heterocycles. The molecule has 0 saturated carbocycles. The Morgan fingerprint density at radius 3 is 2.38 bits per heavy atom. The van der Waals surface area contributed by atoms with Crippen molar-refractivity contribution >= 4 is 17.3 Å². The Balaban J connectivity index is 3.06. The maximum Gasteiger partial charge on any atom is 0.292 e. The van der Waals surface area contributed by atoms with Gasteiger partial charge in [-0.1, -0.05) is 13.8 Å². The number of carbonyl (C=O) groups is 1. The van der Waals surface area contributed by atoms with Crippen LogP contribution < -0.4 is 10.6 Å². The molecular weight excluding hydrogens is 270 g/mol. The number of nitrogens with zero attached hydrogens (tertiary/aromatic N) is 1. The molecule has 0 heterocycles. The van der Waals surface area contributed by atoms with E-state index in [1.807, 2.05) is 27.7 Å². The molecule has 0 fully saturated rings. The number of rotatable bonds is 7. The third-order valence-electron chi connectivity index (χ3n) is 3.80. The van der Waals surface area contributed by atoms with E-state index in [0.717, 1.165) is 12.8 Å². The fraction of sp³-hybridized carbons (Fsp3) is 0.533. The fourth-order valence-electron chi connectivity index (χ4n) is 1.94. The Morgan fingerprint density at radius 1 is 1.29 bits per heavy atom. The highest BCUT2D eigenvalue weighted by molar-refractivity contribution is 5.96. The molecule has 1 amide bonds. The molecule has 0 unspecified atom stereocenters. The number of nitro benzene ring substituents is 1. The van der Waals surface area contributed by atoms with Crippen molar-refractivity contribution in [2.45, 2.75) is 46.1 Å². The van der Waals surface area contributed by atoms with Crippen molar-refractivity contribution in [3.05, 3.63) is 33.9 Å². The maximum atomic E-state index is 12.3. The molecule has 0 spiro atoms. The maximum absolute atomic E-state index is 12.3. The van der Waals surface area contributed by atoms with E-state index in [0.29, 0.717) is 17.8 Å². The predicted molar refractivity (Wildman–Crippen MR) is 83.7 cm³/mol. The minimum Gasteiger partial charge on any atom is -0.380 e. The van der Waals surface area contributed by atoms with Crippen molar-refractivity contribution in [3.8, 4) is 0 Å². The summed E-state index contributed by atoms with van der Waals surface area (Å²) in [7, 11) is 0. The first-order valence-corrected chi connectivity index (χ1v) is 7.21. The number of hydrogen-bond acceptors (Lipinski definition) is 4. The van der Waals surface area contributed by atoms with Crippen molar-refractivity contribution in [2.75, 3.05) is 11.9 Å². The zero-order chi connectivity index (χ0) is 16.0. The van der Waals surface area contributed by atoms with Crippen molar-refractivity contribution in [3.63, 3.8) is 0 Å². The summed E-state index contributed by atoms with van der Waals surface area (Å²) in [6.07, 6.45) is 1.64. The van der Waals surface area contributed by atoms with Crippen LogP contribution >= 0.6 is 0 Å². The third kappa shape index (κ3) is 4.18. The molecular formula is C15H23N3O3. The van der Waals surface area contributed by atoms with Crippen LogP contribution in [0.4, 0.5) is 11.4 Å². The van der Waals surface area contributed by atoms with E-state index in [-0.39, 0.29) is 17.1 Å². The van der Waals surface area contributed by atoms with Gasteiger partial charge in [0, 0.05) is 23.7 Å². The summed E-state index contributed by atoms with van der Waals surface area (Å²) in [4.78, 5) is 22.8. The second-order valence-corrected chi connectivity index (χ2v) is 5.24. The minimum absolute atomic E-state index is 0.0258. The van der Waals surface area contributed by atoms with Crippen LogP contribution in [0.15, 0.2) is 18.2 Å². The van der Waals surface area contributed by atoms with E-state index < -0.39 is 4.92 Å². The van der Waals surface area contributed by atoms with E-state index in [1.165, 1.54) is 18.2 Å². The molecule has 1 aromatic rings. The first-order chi connectivity index (χ1) is 9.86. The highest BCUT2D eigenvalue weighted by atomic mass is 16.6. The Bertz CT molecular complexity index is 525. The van der Waals surface area contributed by atoms with E-state index in [4.69, 9.17) is 0 Å². The Labute approximate surface area is 125 Å². The fourth-order valence-corrected chi connectivity index (χ4v) is 1.94. The molecule has 116 valence electrons. The summed E-state index contributed by atoms with van der Waals surface area (Å²) in [5.74, 6) is -0.213. The summed E-state index contributed by atoms with van der Waals surface area (Å²) < 4.78 is 0. The molecule has 0 saturated heterocycles. The van der Waals surface area contributed by atoms with Crippen molar-refractivity contribution in [1.82, 2.24) is 5.32 Å². The van der Waals surface area contributed by atoms with Crippen LogP contribution in [0, 0.1) is 10.1 Å². The second-order valence-electron chi connectivity index (χ2n) is 5.24. The zero-order valence-electron chi connectivity index (χ0n) is 13.0. The molecule has 1 rings (SSSR count). The Kier molecular flexibility index (Phi) is 5.69. The highest BCUT2D eigenvalue weighted by Crippen LogP contribution is 2.26. The van der Waals surface area contributed by atoms with Crippen LogP contribution in [0.2, 0.25) is 0 Å². The molecule has 0 aliphatic rings. The summed E-state index contributed by atoms with van der Waals surface area (Å²) in [6.45, 7) is 8.42. The molecule has 0 aliphatic carbocycles. The van der Waals surface area contributed by atoms with Crippen LogP contribution in [-0.2, 0) is 0 Å². The van der Waals surface area contributed by atoms with Gasteiger partial charge in [-0.3, -0.25) is 14.9 Å². The highest BCUT2D eigenvalue weighted by Gasteiger charge is 2.24. The smallest absolute Gasteiger partial charge is 0.292 e. The molecule has 1 aromatic carbocycles. The van der Waals surface area contributed by atoms with Gasteiger partial charge in [0.1, 0.15) is 5.69 Å². The number of nitro groups is 1. The first-order valence-electron chi connectivity index (χ1n) is 7.21. The molecule has 6 nitrogen and oxygen atoms in total. The van der Waals surface area contributed by atoms with E-state index in [9.17, 15) is 14.9 Å². The number of hydrogen-bond donors (Lipinski definition) is 2. The molecule has 0 radical (unpaired) electrons. The summed E-state index contributed by atoms with van der Waals surface area (Å²) in [6, 6.07) is 4.38. The lowest BCUT2D eigenvalue weighted by Crippen LogP contribution is -2.44. The molecule has 0 bridgehead atoms. The number of amides is 1. The van der Waals surface area contributed by atoms with Crippen molar-refractivity contribution < 1.29 is 9.72 Å². The second kappa shape index (κ2) is 7.06.